The molecule has 2 aromatic rings. The van der Waals surface area contributed by atoms with Crippen LogP contribution in [0.5, 0.6) is 5.75 Å². The van der Waals surface area contributed by atoms with Gasteiger partial charge >= 0.3 is 6.03 Å². The number of fused-ring (bicyclic) bond motifs is 1. The molecule has 1 aliphatic rings. The molecule has 0 aliphatic carbocycles. The smallest absolute Gasteiger partial charge is 0.319 e. The largest absolute Gasteiger partial charge is 0.491 e. The van der Waals surface area contributed by atoms with Gasteiger partial charge in [-0.05, 0) is 18.1 Å². The van der Waals surface area contributed by atoms with E-state index in [1.807, 2.05) is 24.3 Å². The molecule has 122 valence electrons. The average Bonchev–Trinajstić information content (AvgIpc) is 2.93. The van der Waals surface area contributed by atoms with Crippen molar-refractivity contribution in [2.75, 3.05) is 11.9 Å². The SMILES string of the molecule is O=C(Nc1cnn(CC(F)F)c1)NC1COc2ccccc2C1. The second-order valence-corrected chi connectivity index (χ2v) is 5.26. The van der Waals surface area contributed by atoms with Gasteiger partial charge in [-0.1, -0.05) is 18.2 Å². The molecule has 0 fully saturated rings. The van der Waals surface area contributed by atoms with E-state index in [1.165, 1.54) is 12.4 Å². The molecule has 3 rings (SSSR count). The summed E-state index contributed by atoms with van der Waals surface area (Å²) in [7, 11) is 0. The maximum absolute atomic E-state index is 12.2. The molecule has 0 saturated carbocycles. The molecule has 0 saturated heterocycles. The van der Waals surface area contributed by atoms with E-state index in [1.54, 1.807) is 0 Å². The van der Waals surface area contributed by atoms with Crippen molar-refractivity contribution in [1.29, 1.82) is 0 Å². The topological polar surface area (TPSA) is 68.2 Å². The Morgan fingerprint density at radius 2 is 2.26 bits per heavy atom. The lowest BCUT2D eigenvalue weighted by Crippen LogP contribution is -2.44. The Balaban J connectivity index is 1.53. The molecule has 8 heteroatoms. The number of hydrogen-bond acceptors (Lipinski definition) is 3. The number of urea groups is 1. The minimum absolute atomic E-state index is 0.152. The summed E-state index contributed by atoms with van der Waals surface area (Å²) in [6, 6.07) is 7.09. The molecule has 1 atom stereocenters. The van der Waals surface area contributed by atoms with Crippen molar-refractivity contribution in [3.8, 4) is 5.75 Å². The normalized spacial score (nSPS) is 16.6. The van der Waals surface area contributed by atoms with E-state index in [2.05, 4.69) is 15.7 Å². The van der Waals surface area contributed by atoms with Gasteiger partial charge in [0.25, 0.3) is 6.43 Å². The Labute approximate surface area is 131 Å². The van der Waals surface area contributed by atoms with E-state index in [9.17, 15) is 13.6 Å². The third kappa shape index (κ3) is 3.97. The van der Waals surface area contributed by atoms with Gasteiger partial charge in [0.15, 0.2) is 0 Å². The Hall–Kier alpha value is -2.64. The van der Waals surface area contributed by atoms with Gasteiger partial charge in [0.05, 0.1) is 17.9 Å². The van der Waals surface area contributed by atoms with E-state index in [-0.39, 0.29) is 6.04 Å². The van der Waals surface area contributed by atoms with E-state index in [0.29, 0.717) is 18.7 Å². The zero-order valence-electron chi connectivity index (χ0n) is 12.2. The number of para-hydroxylation sites is 1. The van der Waals surface area contributed by atoms with Crippen molar-refractivity contribution >= 4 is 11.7 Å². The molecule has 0 radical (unpaired) electrons. The van der Waals surface area contributed by atoms with Gasteiger partial charge in [-0.3, -0.25) is 4.68 Å². The summed E-state index contributed by atoms with van der Waals surface area (Å²) in [5, 5.41) is 9.13. The summed E-state index contributed by atoms with van der Waals surface area (Å²) in [5.41, 5.74) is 1.40. The van der Waals surface area contributed by atoms with Crippen LogP contribution in [0, 0.1) is 0 Å². The highest BCUT2D eigenvalue weighted by molar-refractivity contribution is 5.89. The number of carbonyl (C=O) groups is 1. The summed E-state index contributed by atoms with van der Waals surface area (Å²) in [5.74, 6) is 0.833. The number of halogens is 2. The molecule has 1 aromatic heterocycles. The number of aromatic nitrogens is 2. The van der Waals surface area contributed by atoms with Crippen LogP contribution in [-0.4, -0.2) is 34.9 Å². The molecule has 0 spiro atoms. The van der Waals surface area contributed by atoms with Crippen LogP contribution >= 0.6 is 0 Å². The van der Waals surface area contributed by atoms with Crippen molar-refractivity contribution in [1.82, 2.24) is 15.1 Å². The predicted molar refractivity (Wildman–Crippen MR) is 79.8 cm³/mol. The van der Waals surface area contributed by atoms with Crippen LogP contribution in [0.2, 0.25) is 0 Å². The van der Waals surface area contributed by atoms with Gasteiger partial charge in [0.2, 0.25) is 0 Å². The second kappa shape index (κ2) is 6.64. The highest BCUT2D eigenvalue weighted by Gasteiger charge is 2.21. The molecule has 1 aromatic carbocycles. The van der Waals surface area contributed by atoms with Crippen LogP contribution in [-0.2, 0) is 13.0 Å². The minimum atomic E-state index is -2.49. The lowest BCUT2D eigenvalue weighted by atomic mass is 10.0. The summed E-state index contributed by atoms with van der Waals surface area (Å²) in [6.45, 7) is -0.119. The Morgan fingerprint density at radius 1 is 1.43 bits per heavy atom. The molecule has 2 N–H and O–H groups in total. The monoisotopic (exact) mass is 322 g/mol. The number of carbonyl (C=O) groups excluding carboxylic acids is 1. The van der Waals surface area contributed by atoms with E-state index in [0.717, 1.165) is 16.0 Å². The number of ether oxygens (including phenoxy) is 1. The van der Waals surface area contributed by atoms with Crippen molar-refractivity contribution in [2.45, 2.75) is 25.4 Å². The van der Waals surface area contributed by atoms with E-state index < -0.39 is 19.0 Å². The zero-order valence-corrected chi connectivity index (χ0v) is 12.2. The Morgan fingerprint density at radius 3 is 3.09 bits per heavy atom. The highest BCUT2D eigenvalue weighted by Crippen LogP contribution is 2.23. The number of rotatable bonds is 4. The number of hydrogen-bond donors (Lipinski definition) is 2. The number of alkyl halides is 2. The Bertz CT molecular complexity index is 690. The van der Waals surface area contributed by atoms with Gasteiger partial charge in [0.1, 0.15) is 18.9 Å². The first kappa shape index (κ1) is 15.3. The number of nitrogens with one attached hydrogen (secondary N) is 2. The highest BCUT2D eigenvalue weighted by atomic mass is 19.3. The number of anilines is 1. The van der Waals surface area contributed by atoms with Gasteiger partial charge in [0, 0.05) is 6.20 Å². The maximum Gasteiger partial charge on any atom is 0.319 e. The fourth-order valence-electron chi connectivity index (χ4n) is 2.44. The minimum Gasteiger partial charge on any atom is -0.491 e. The number of benzene rings is 1. The third-order valence-corrected chi connectivity index (χ3v) is 3.43. The first-order valence-corrected chi connectivity index (χ1v) is 7.19. The second-order valence-electron chi connectivity index (χ2n) is 5.26. The van der Waals surface area contributed by atoms with Crippen LogP contribution in [0.3, 0.4) is 0 Å². The Kier molecular flexibility index (Phi) is 4.40. The number of amides is 2. The first-order valence-electron chi connectivity index (χ1n) is 7.19. The molecule has 6 nitrogen and oxygen atoms in total. The van der Waals surface area contributed by atoms with Crippen LogP contribution in [0.15, 0.2) is 36.7 Å². The summed E-state index contributed by atoms with van der Waals surface area (Å²) in [6.07, 6.45) is 0.873. The third-order valence-electron chi connectivity index (χ3n) is 3.43. The molecule has 0 bridgehead atoms. The van der Waals surface area contributed by atoms with E-state index in [4.69, 9.17) is 4.74 Å². The van der Waals surface area contributed by atoms with Crippen molar-refractivity contribution in [3.05, 3.63) is 42.2 Å². The summed E-state index contributed by atoms with van der Waals surface area (Å²) < 4.78 is 31.2. The van der Waals surface area contributed by atoms with Crippen molar-refractivity contribution in [2.24, 2.45) is 0 Å². The lowest BCUT2D eigenvalue weighted by Gasteiger charge is -2.25. The fraction of sp³-hybridized carbons (Fsp3) is 0.333. The van der Waals surface area contributed by atoms with Gasteiger partial charge in [-0.25, -0.2) is 13.6 Å². The molecule has 1 unspecified atom stereocenters. The first-order chi connectivity index (χ1) is 11.1. The quantitative estimate of drug-likeness (QED) is 0.907. The molecule has 2 heterocycles. The van der Waals surface area contributed by atoms with Crippen LogP contribution in [0.25, 0.3) is 0 Å². The summed E-state index contributed by atoms with van der Waals surface area (Å²) in [4.78, 5) is 12.0. The molecular weight excluding hydrogens is 306 g/mol. The van der Waals surface area contributed by atoms with Crippen molar-refractivity contribution < 1.29 is 18.3 Å². The maximum atomic E-state index is 12.2. The van der Waals surface area contributed by atoms with Crippen LogP contribution < -0.4 is 15.4 Å². The molecule has 1 aliphatic heterocycles. The molecule has 2 amide bonds. The average molecular weight is 322 g/mol. The zero-order chi connectivity index (χ0) is 16.2. The van der Waals surface area contributed by atoms with Crippen LogP contribution in [0.4, 0.5) is 19.3 Å². The van der Waals surface area contributed by atoms with Crippen LogP contribution in [0.1, 0.15) is 5.56 Å². The summed E-state index contributed by atoms with van der Waals surface area (Å²) >= 11 is 0. The standard InChI is InChI=1S/C15H16F2N4O2/c16-14(17)8-21-7-12(6-18-21)20-15(22)19-11-5-10-3-1-2-4-13(10)23-9-11/h1-4,6-7,11,14H,5,8-9H2,(H2,19,20,22). The van der Waals surface area contributed by atoms with Gasteiger partial charge in [-0.2, -0.15) is 5.10 Å². The molecule has 23 heavy (non-hydrogen) atoms. The lowest BCUT2D eigenvalue weighted by molar-refractivity contribution is 0.122. The van der Waals surface area contributed by atoms with E-state index >= 15 is 0 Å². The molecular formula is C15H16F2N4O2. The predicted octanol–water partition coefficient (Wildman–Crippen LogP) is 2.27. The fourth-order valence-corrected chi connectivity index (χ4v) is 2.44. The van der Waals surface area contributed by atoms with Gasteiger partial charge in [-0.15, -0.1) is 0 Å². The van der Waals surface area contributed by atoms with Gasteiger partial charge < -0.3 is 15.4 Å². The number of nitrogens with zero attached hydrogens (tertiary/aromatic N) is 2. The van der Waals surface area contributed by atoms with Crippen molar-refractivity contribution in [3.63, 3.8) is 0 Å².